The molecule has 0 saturated heterocycles. The Bertz CT molecular complexity index is 4720. The Morgan fingerprint density at radius 2 is 0.873 bits per heavy atom. The van der Waals surface area contributed by atoms with Crippen molar-refractivity contribution in [3.05, 3.63) is 107 Å². The fraction of sp³-hybridized carbons (Fsp3) is 0. The second-order valence-corrected chi connectivity index (χ2v) is 23.7. The number of halogens is 2. The van der Waals surface area contributed by atoms with Gasteiger partial charge in [-0.3, -0.25) is 27.6 Å². The van der Waals surface area contributed by atoms with Crippen LogP contribution in [-0.2, 0) is 55.4 Å². The van der Waals surface area contributed by atoms with Gasteiger partial charge < -0.3 is 25.8 Å². The number of phenols is 3. The van der Waals surface area contributed by atoms with Crippen LogP contribution in [0.15, 0.2) is 162 Å². The number of nitrogens with two attached hydrogens (primary N) is 1. The molecule has 0 aliphatic heterocycles. The lowest BCUT2D eigenvalue weighted by Gasteiger charge is -2.12. The Balaban J connectivity index is 1.18. The fourth-order valence-corrected chi connectivity index (χ4v) is 11.2. The minimum absolute atomic E-state index is 0.0456. The molecule has 8 rings (SSSR count). The lowest BCUT2D eigenvalue weighted by atomic mass is 10.1. The first kappa shape index (κ1) is 56.9. The normalized spacial score (nSPS) is 13.1. The molecule has 0 radical (unpaired) electrons. The van der Waals surface area contributed by atoms with E-state index in [1.165, 1.54) is 30.3 Å². The third kappa shape index (κ3) is 11.8. The highest BCUT2D eigenvalue weighted by Gasteiger charge is 2.27. The van der Waals surface area contributed by atoms with Gasteiger partial charge in [0.05, 0.1) is 32.4 Å². The summed E-state index contributed by atoms with van der Waals surface area (Å²) in [6.45, 7) is -0.137. The number of aromatic hydroxyl groups is 3. The van der Waals surface area contributed by atoms with Crippen LogP contribution in [0.3, 0.4) is 0 Å². The third-order valence-electron chi connectivity index (χ3n) is 10.9. The van der Waals surface area contributed by atoms with Crippen molar-refractivity contribution < 1.29 is 89.7 Å². The Hall–Kier alpha value is -8.26. The van der Waals surface area contributed by atoms with Crippen LogP contribution in [0.1, 0.15) is 0 Å². The average molecular weight is 1220 g/mol. The van der Waals surface area contributed by atoms with Gasteiger partial charge >= 0.3 is 0 Å². The number of carbonyl (C=O) groups excluding carboxylic acids is 1. The van der Waals surface area contributed by atoms with Crippen LogP contribution in [0.5, 0.6) is 23.0 Å². The highest BCUT2D eigenvalue weighted by molar-refractivity contribution is 7.87. The van der Waals surface area contributed by atoms with Gasteiger partial charge in [0, 0.05) is 21.9 Å². The van der Waals surface area contributed by atoms with Gasteiger partial charge in [0.15, 0.2) is 23.0 Å². The van der Waals surface area contributed by atoms with Crippen molar-refractivity contribution in [1.29, 1.82) is 0 Å². The van der Waals surface area contributed by atoms with Gasteiger partial charge in [0.25, 0.3) is 57.1 Å². The molecular weight excluding hydrogens is 1190 g/mol. The Labute approximate surface area is 452 Å². The van der Waals surface area contributed by atoms with E-state index in [2.05, 4.69) is 40.9 Å². The summed E-state index contributed by atoms with van der Waals surface area (Å²) in [4.78, 5) is 6.49. The van der Waals surface area contributed by atoms with E-state index in [1.54, 1.807) is 0 Å². The zero-order valence-electron chi connectivity index (χ0n) is 38.2. The van der Waals surface area contributed by atoms with E-state index in [0.29, 0.717) is 6.07 Å². The predicted molar refractivity (Wildman–Crippen MR) is 277 cm³/mol. The smallest absolute Gasteiger partial charge is 0.298 e. The largest absolute Gasteiger partial charge is 0.505 e. The zero-order chi connectivity index (χ0) is 57.9. The maximum atomic E-state index is 12.7. The number of rotatable bonds is 15. The SMILES string of the molecule is Nc1c(N=Nc2ccc3cc(S(=O)(=O)O)c(N=Nc4ccc(S(=O)(=O)O)cc4OC=O)c(O)c3c2)c(S(=O)(=O)O)cc2ccc(N=Nc3ccc4cc(S(=O)(=O)O)c(N=Nc5c(Cl)cc(Cl)cc5S(=O)(=O)O)c(O)c4c3)c(O)c12. The first-order valence-corrected chi connectivity index (χ1v) is 28.7. The molecule has 29 nitrogen and oxygen atoms in total. The van der Waals surface area contributed by atoms with E-state index in [4.69, 9.17) is 33.7 Å². The lowest BCUT2D eigenvalue weighted by Crippen LogP contribution is -2.01. The molecule has 408 valence electrons. The summed E-state index contributed by atoms with van der Waals surface area (Å²) in [5, 5.41) is 63.0. The summed E-state index contributed by atoms with van der Waals surface area (Å²) in [6.07, 6.45) is 0. The zero-order valence-corrected chi connectivity index (χ0v) is 43.8. The summed E-state index contributed by atoms with van der Waals surface area (Å²) in [5.74, 6) is -3.30. The van der Waals surface area contributed by atoms with Gasteiger partial charge in [-0.05, 0) is 89.0 Å². The van der Waals surface area contributed by atoms with Crippen LogP contribution in [0.4, 0.5) is 51.2 Å². The van der Waals surface area contributed by atoms with Crippen LogP contribution >= 0.6 is 23.2 Å². The molecule has 8 aromatic carbocycles. The minimum Gasteiger partial charge on any atom is -0.505 e. The van der Waals surface area contributed by atoms with Gasteiger partial charge in [-0.2, -0.15) is 52.3 Å². The van der Waals surface area contributed by atoms with E-state index in [-0.39, 0.29) is 60.9 Å². The number of fused-ring (bicyclic) bond motifs is 3. The maximum Gasteiger partial charge on any atom is 0.298 e. The monoisotopic (exact) mass is 1220 g/mol. The summed E-state index contributed by atoms with van der Waals surface area (Å²) in [6, 6.07) is 16.1. The average Bonchev–Trinajstić information content (AvgIpc) is 3.43. The van der Waals surface area contributed by atoms with E-state index in [9.17, 15) is 85.0 Å². The first-order chi connectivity index (χ1) is 36.8. The molecule has 0 heterocycles. The number of nitrogen functional groups attached to an aromatic ring is 1. The number of anilines is 1. The van der Waals surface area contributed by atoms with Gasteiger partial charge in [0.1, 0.15) is 53.7 Å². The van der Waals surface area contributed by atoms with Crippen LogP contribution in [0.2, 0.25) is 10.0 Å². The van der Waals surface area contributed by atoms with Gasteiger partial charge in [-0.25, -0.2) is 0 Å². The quantitative estimate of drug-likeness (QED) is 0.0199. The van der Waals surface area contributed by atoms with E-state index >= 15 is 0 Å². The summed E-state index contributed by atoms with van der Waals surface area (Å²) >= 11 is 12.0. The number of benzene rings is 8. The number of nitrogens with zero attached hydrogens (tertiary/aromatic N) is 8. The Morgan fingerprint density at radius 3 is 1.39 bits per heavy atom. The molecule has 0 spiro atoms. The molecule has 10 N–H and O–H groups in total. The maximum absolute atomic E-state index is 12.7. The van der Waals surface area contributed by atoms with E-state index < -0.39 is 137 Å². The molecule has 0 aliphatic carbocycles. The Kier molecular flexibility index (Phi) is 15.0. The topological polar surface area (TPSA) is 484 Å². The molecular formula is C43H27Cl2N9O20S5. The molecule has 0 unspecified atom stereocenters. The molecule has 0 fully saturated rings. The number of hydrogen-bond acceptors (Lipinski definition) is 24. The van der Waals surface area contributed by atoms with Crippen molar-refractivity contribution >= 4 is 164 Å². The summed E-state index contributed by atoms with van der Waals surface area (Å²) in [7, 11) is -25.5. The standard InChI is InChI=1S/C43H27Cl2N9O20S5/c44-21-12-27(45)37(34(13-21)79(71,72)73)51-54-40-33(78(68,69)70)10-18-1-4-22(14-25(18)42(40)57)47-50-29-7-3-20-11-31(76(62,63)64)38(36(46)35(20)43(29)58)52-48-23-5-2-19-9-32(77(65,66)67)39(41(56)26(19)15-23)53-49-28-8-6-24(75(59,60)61)16-30(28)74-17-55/h1-17,56-58H,46H2,(H,59,60,61)(H,62,63,64)(H,65,66,67)(H,68,69,70)(H,71,72,73). The van der Waals surface area contributed by atoms with Crippen molar-refractivity contribution in [2.75, 3.05) is 5.73 Å². The fourth-order valence-electron chi connectivity index (χ4n) is 7.35. The van der Waals surface area contributed by atoms with Crippen molar-refractivity contribution in [1.82, 2.24) is 0 Å². The number of azo groups is 4. The highest BCUT2D eigenvalue weighted by atomic mass is 35.5. The molecule has 0 aliphatic rings. The summed E-state index contributed by atoms with van der Waals surface area (Å²) < 4.78 is 177. The van der Waals surface area contributed by atoms with Gasteiger partial charge in [0.2, 0.25) is 0 Å². The molecule has 79 heavy (non-hydrogen) atoms. The molecule has 0 amide bonds. The summed E-state index contributed by atoms with van der Waals surface area (Å²) in [5.41, 5.74) is 1.29. The van der Waals surface area contributed by atoms with Crippen LogP contribution in [-0.4, -0.2) is 86.6 Å². The number of ether oxygens (including phenoxy) is 1. The molecule has 36 heteroatoms. The van der Waals surface area contributed by atoms with Gasteiger partial charge in [-0.15, -0.1) is 30.7 Å². The van der Waals surface area contributed by atoms with Crippen molar-refractivity contribution in [2.24, 2.45) is 40.9 Å². The third-order valence-corrected chi connectivity index (χ3v) is 15.7. The van der Waals surface area contributed by atoms with Crippen molar-refractivity contribution in [2.45, 2.75) is 24.5 Å². The van der Waals surface area contributed by atoms with Crippen molar-refractivity contribution in [3.8, 4) is 23.0 Å². The van der Waals surface area contributed by atoms with Crippen LogP contribution < -0.4 is 10.5 Å². The predicted octanol–water partition coefficient (Wildman–Crippen LogP) is 10.6. The molecule has 8 aromatic rings. The second-order valence-electron chi connectivity index (χ2n) is 15.9. The molecule has 0 saturated carbocycles. The van der Waals surface area contributed by atoms with Crippen LogP contribution in [0.25, 0.3) is 32.3 Å². The number of hydrogen-bond donors (Lipinski definition) is 9. The molecule has 0 aromatic heterocycles. The van der Waals surface area contributed by atoms with E-state index in [1.807, 2.05) is 0 Å². The van der Waals surface area contributed by atoms with Crippen molar-refractivity contribution in [3.63, 3.8) is 0 Å². The lowest BCUT2D eigenvalue weighted by molar-refractivity contribution is -0.120. The van der Waals surface area contributed by atoms with Crippen LogP contribution in [0, 0.1) is 0 Å². The second kappa shape index (κ2) is 20.8. The first-order valence-electron chi connectivity index (χ1n) is 20.7. The van der Waals surface area contributed by atoms with Gasteiger partial charge in [-0.1, -0.05) is 41.4 Å². The number of phenolic OH excluding ortho intramolecular Hbond substituents is 3. The molecule has 0 bridgehead atoms. The van der Waals surface area contributed by atoms with E-state index in [0.717, 1.165) is 60.7 Å². The Morgan fingerprint density at radius 1 is 0.443 bits per heavy atom. The molecule has 0 atom stereocenters. The minimum atomic E-state index is -5.20. The number of carbonyl (C=O) groups is 1. The highest BCUT2D eigenvalue weighted by Crippen LogP contribution is 2.49.